The number of ether oxygens (including phenoxy) is 4. The van der Waals surface area contributed by atoms with E-state index in [1.165, 1.54) is 48.5 Å². The Morgan fingerprint density at radius 3 is 0.985 bits per heavy atom. The zero-order valence-corrected chi connectivity index (χ0v) is 34.2. The van der Waals surface area contributed by atoms with Gasteiger partial charge in [-0.1, -0.05) is 24.3 Å². The molecule has 11 rings (SSSR count). The third kappa shape index (κ3) is 6.05. The van der Waals surface area contributed by atoms with Crippen LogP contribution in [0.3, 0.4) is 0 Å². The SMILES string of the molecule is O=C1c2ccc3c4ccc5c6c(ccc(c7ccc(c2c37)C(=O)N1c1ccc(O[C@H]2O[C@H](CO)[C@@H](O)[C@H](O)[C@H]2O)cc1)c64)C(=O)N(c1ccc(O[C@H]2O[C@H](CO)[C@@H](O)[C@H](O)[C@H]2O)cc1)C5=O. The Labute approximate surface area is 371 Å². The summed E-state index contributed by atoms with van der Waals surface area (Å²) in [5.41, 5.74) is 1.52. The summed E-state index contributed by atoms with van der Waals surface area (Å²) in [5, 5.41) is 85.4. The summed E-state index contributed by atoms with van der Waals surface area (Å²) in [4.78, 5) is 59.3. The maximum atomic E-state index is 14.3. The summed E-state index contributed by atoms with van der Waals surface area (Å²) in [6.45, 7) is -1.27. The molecule has 0 unspecified atom stereocenters. The molecule has 18 heteroatoms. The summed E-state index contributed by atoms with van der Waals surface area (Å²) in [6.07, 6.45) is -14.9. The van der Waals surface area contributed by atoms with Gasteiger partial charge < -0.3 is 59.8 Å². The van der Waals surface area contributed by atoms with Gasteiger partial charge in [0.25, 0.3) is 23.6 Å². The van der Waals surface area contributed by atoms with Crippen LogP contribution in [0.25, 0.3) is 43.1 Å². The first-order chi connectivity index (χ1) is 31.8. The van der Waals surface area contributed by atoms with Crippen molar-refractivity contribution in [2.45, 2.75) is 61.4 Å². The Hall–Kier alpha value is -6.68. The highest BCUT2D eigenvalue weighted by Crippen LogP contribution is 2.47. The predicted octanol–water partition coefficient (Wildman–Crippen LogP) is 1.70. The number of benzene rings is 7. The van der Waals surface area contributed by atoms with Crippen molar-refractivity contribution >= 4 is 78.1 Å². The van der Waals surface area contributed by atoms with Gasteiger partial charge in [-0.05, 0) is 105 Å². The van der Waals surface area contributed by atoms with E-state index in [1.807, 2.05) is 0 Å². The molecule has 0 saturated carbocycles. The van der Waals surface area contributed by atoms with Crippen molar-refractivity contribution in [1.82, 2.24) is 0 Å². The second-order valence-electron chi connectivity index (χ2n) is 16.7. The molecule has 4 aliphatic heterocycles. The van der Waals surface area contributed by atoms with E-state index in [1.54, 1.807) is 48.5 Å². The standard InChI is InChI=1S/C48H38N2O16/c51-17-31-37(53)39(55)41(57)47(65-31)63-21-5-1-19(2-6-21)49-43(59)27-13-9-23-25-11-15-29-36-30(16-12-26(34(25)36)24-10-14-28(44(49)60)35(27)33(23)24)46(62)50(45(29)61)20-3-7-22(8-4-20)64-48-42(58)40(56)38(54)32(18-52)66-48/h1-16,31-32,37-42,47-48,51-58H,17-18H2/t31-,32-,37-,38-,39+,40+,41-,42-,47+,48+/m1/s1. The predicted molar refractivity (Wildman–Crippen MR) is 232 cm³/mol. The first-order valence-corrected chi connectivity index (χ1v) is 20.9. The van der Waals surface area contributed by atoms with Crippen molar-refractivity contribution in [3.8, 4) is 11.5 Å². The molecule has 2 saturated heterocycles. The van der Waals surface area contributed by atoms with Crippen molar-refractivity contribution in [1.29, 1.82) is 0 Å². The number of carbonyl (C=O) groups is 4. The van der Waals surface area contributed by atoms with Crippen molar-refractivity contribution < 1.29 is 79.0 Å². The first-order valence-electron chi connectivity index (χ1n) is 20.9. The van der Waals surface area contributed by atoms with Gasteiger partial charge in [-0.3, -0.25) is 19.2 Å². The van der Waals surface area contributed by atoms with E-state index >= 15 is 0 Å². The second kappa shape index (κ2) is 15.5. The molecule has 66 heavy (non-hydrogen) atoms. The highest BCUT2D eigenvalue weighted by atomic mass is 16.7. The van der Waals surface area contributed by atoms with E-state index in [0.717, 1.165) is 9.80 Å². The molecule has 8 N–H and O–H groups in total. The summed E-state index contributed by atoms with van der Waals surface area (Å²) in [6, 6.07) is 25.4. The Morgan fingerprint density at radius 1 is 0.394 bits per heavy atom. The summed E-state index contributed by atoms with van der Waals surface area (Å²) >= 11 is 0. The number of amides is 4. The van der Waals surface area contributed by atoms with Crippen LogP contribution in [0, 0.1) is 0 Å². The Kier molecular flexibility index (Phi) is 9.84. The minimum Gasteiger partial charge on any atom is -0.462 e. The van der Waals surface area contributed by atoms with Gasteiger partial charge in [-0.2, -0.15) is 0 Å². The summed E-state index contributed by atoms with van der Waals surface area (Å²) in [7, 11) is 0. The molecule has 0 bridgehead atoms. The van der Waals surface area contributed by atoms with Crippen molar-refractivity contribution in [2.24, 2.45) is 0 Å². The third-order valence-electron chi connectivity index (χ3n) is 13.0. The molecule has 0 radical (unpaired) electrons. The monoisotopic (exact) mass is 898 g/mol. The van der Waals surface area contributed by atoms with Gasteiger partial charge in [0.1, 0.15) is 60.3 Å². The van der Waals surface area contributed by atoms with Gasteiger partial charge in [-0.25, -0.2) is 9.80 Å². The lowest BCUT2D eigenvalue weighted by atomic mass is 9.82. The Morgan fingerprint density at radius 2 is 0.697 bits per heavy atom. The number of carbonyl (C=O) groups excluding carboxylic acids is 4. The molecule has 0 aromatic heterocycles. The number of hydrogen-bond acceptors (Lipinski definition) is 16. The van der Waals surface area contributed by atoms with E-state index in [0.29, 0.717) is 43.1 Å². The number of aliphatic hydroxyl groups excluding tert-OH is 8. The van der Waals surface area contributed by atoms with Crippen LogP contribution in [-0.2, 0) is 9.47 Å². The smallest absolute Gasteiger partial charge is 0.265 e. The number of nitrogens with zero attached hydrogens (tertiary/aromatic N) is 2. The minimum atomic E-state index is -1.64. The van der Waals surface area contributed by atoms with E-state index in [2.05, 4.69) is 0 Å². The van der Waals surface area contributed by atoms with Crippen molar-refractivity contribution in [3.05, 3.63) is 119 Å². The number of hydrogen-bond donors (Lipinski definition) is 8. The van der Waals surface area contributed by atoms with Gasteiger partial charge in [0.15, 0.2) is 0 Å². The highest BCUT2D eigenvalue weighted by molar-refractivity contribution is 6.45. The fourth-order valence-corrected chi connectivity index (χ4v) is 9.68. The van der Waals surface area contributed by atoms with Crippen LogP contribution in [0.2, 0.25) is 0 Å². The second-order valence-corrected chi connectivity index (χ2v) is 16.7. The van der Waals surface area contributed by atoms with Crippen LogP contribution >= 0.6 is 0 Å². The van der Waals surface area contributed by atoms with Crippen molar-refractivity contribution in [3.63, 3.8) is 0 Å². The van der Waals surface area contributed by atoms with Crippen LogP contribution in [0.1, 0.15) is 41.4 Å². The average molecular weight is 899 g/mol. The largest absolute Gasteiger partial charge is 0.462 e. The molecular weight excluding hydrogens is 861 g/mol. The van der Waals surface area contributed by atoms with Crippen LogP contribution in [-0.4, -0.2) is 139 Å². The van der Waals surface area contributed by atoms with Crippen LogP contribution < -0.4 is 19.3 Å². The van der Waals surface area contributed by atoms with Gasteiger partial charge in [-0.15, -0.1) is 0 Å². The van der Waals surface area contributed by atoms with Gasteiger partial charge in [0.2, 0.25) is 12.6 Å². The molecule has 2 fully saturated rings. The third-order valence-corrected chi connectivity index (χ3v) is 13.0. The van der Waals surface area contributed by atoms with Crippen LogP contribution in [0.5, 0.6) is 11.5 Å². The average Bonchev–Trinajstić information content (AvgIpc) is 3.33. The van der Waals surface area contributed by atoms with E-state index in [4.69, 9.17) is 18.9 Å². The number of fused-ring (bicyclic) bond motifs is 2. The molecule has 0 aliphatic carbocycles. The van der Waals surface area contributed by atoms with Crippen LogP contribution in [0.15, 0.2) is 97.1 Å². The Bertz CT molecular complexity index is 2830. The topological polar surface area (TPSA) is 274 Å². The van der Waals surface area contributed by atoms with Crippen LogP contribution in [0.4, 0.5) is 11.4 Å². The zero-order chi connectivity index (χ0) is 46.0. The van der Waals surface area contributed by atoms with Gasteiger partial charge in [0.05, 0.1) is 24.6 Å². The molecule has 4 amide bonds. The Balaban J connectivity index is 0.903. The first kappa shape index (κ1) is 42.0. The molecule has 10 atom stereocenters. The molecule has 4 aliphatic rings. The minimum absolute atomic E-state index is 0.144. The lowest BCUT2D eigenvalue weighted by molar-refractivity contribution is -0.277. The number of imide groups is 2. The number of aliphatic hydroxyl groups is 8. The van der Waals surface area contributed by atoms with E-state index < -0.39 is 98.3 Å². The molecule has 7 aromatic rings. The van der Waals surface area contributed by atoms with E-state index in [-0.39, 0.29) is 45.1 Å². The van der Waals surface area contributed by atoms with Gasteiger partial charge >= 0.3 is 0 Å². The molecule has 7 aromatic carbocycles. The maximum absolute atomic E-state index is 14.3. The lowest BCUT2D eigenvalue weighted by Crippen LogP contribution is -2.60. The lowest BCUT2D eigenvalue weighted by Gasteiger charge is -2.39. The molecule has 18 nitrogen and oxygen atoms in total. The highest BCUT2D eigenvalue weighted by Gasteiger charge is 2.46. The quantitative estimate of drug-likeness (QED) is 0.0613. The van der Waals surface area contributed by atoms with E-state index in [9.17, 15) is 60.0 Å². The van der Waals surface area contributed by atoms with Gasteiger partial charge in [0, 0.05) is 33.0 Å². The fraction of sp³-hybridized carbons (Fsp3) is 0.250. The summed E-state index contributed by atoms with van der Waals surface area (Å²) < 4.78 is 22.3. The fourth-order valence-electron chi connectivity index (χ4n) is 9.68. The molecule has 4 heterocycles. The van der Waals surface area contributed by atoms with Crippen molar-refractivity contribution in [2.75, 3.05) is 23.0 Å². The molecule has 336 valence electrons. The number of anilines is 2. The summed E-state index contributed by atoms with van der Waals surface area (Å²) in [5.74, 6) is -2.05. The number of rotatable bonds is 8. The molecule has 0 spiro atoms. The molecular formula is C48H38N2O16. The maximum Gasteiger partial charge on any atom is 0.265 e. The zero-order valence-electron chi connectivity index (χ0n) is 34.2. The normalized spacial score (nSPS) is 27.8.